The summed E-state index contributed by atoms with van der Waals surface area (Å²) in [5.41, 5.74) is 0.169. The zero-order chi connectivity index (χ0) is 23.6. The van der Waals surface area contributed by atoms with Gasteiger partial charge in [0.05, 0.1) is 18.6 Å². The van der Waals surface area contributed by atoms with Crippen LogP contribution in [0.15, 0.2) is 23.1 Å². The van der Waals surface area contributed by atoms with Gasteiger partial charge in [0.2, 0.25) is 0 Å². The van der Waals surface area contributed by atoms with Crippen LogP contribution in [0, 0.1) is 0 Å². The van der Waals surface area contributed by atoms with Crippen LogP contribution in [0.4, 0.5) is 9.59 Å². The maximum absolute atomic E-state index is 12.0. The number of benzene rings is 1. The SMILES string of the molecule is CC.COc1ccc(/C=C2\SC(=O)NC2=O)cc1OCCCN(C)C(=O)OC(C)(C)C. The van der Waals surface area contributed by atoms with E-state index in [4.69, 9.17) is 14.2 Å². The highest BCUT2D eigenvalue weighted by atomic mass is 32.2. The summed E-state index contributed by atoms with van der Waals surface area (Å²) < 4.78 is 16.4. The van der Waals surface area contributed by atoms with Crippen LogP contribution in [0.2, 0.25) is 0 Å². The summed E-state index contributed by atoms with van der Waals surface area (Å²) in [6.07, 6.45) is 1.83. The maximum atomic E-state index is 12.0. The van der Waals surface area contributed by atoms with Crippen molar-refractivity contribution in [3.63, 3.8) is 0 Å². The molecule has 0 aliphatic carbocycles. The summed E-state index contributed by atoms with van der Waals surface area (Å²) >= 11 is 0.856. The minimum atomic E-state index is -0.538. The van der Waals surface area contributed by atoms with E-state index < -0.39 is 11.5 Å². The Morgan fingerprint density at radius 1 is 1.19 bits per heavy atom. The molecular formula is C22H32N2O6S. The Labute approximate surface area is 188 Å². The van der Waals surface area contributed by atoms with Gasteiger partial charge in [-0.25, -0.2) is 4.79 Å². The summed E-state index contributed by atoms with van der Waals surface area (Å²) in [5, 5.41) is 1.83. The number of hydrogen-bond donors (Lipinski definition) is 1. The van der Waals surface area contributed by atoms with Crippen LogP contribution in [0.5, 0.6) is 11.5 Å². The number of nitrogens with one attached hydrogen (secondary N) is 1. The molecule has 1 fully saturated rings. The maximum Gasteiger partial charge on any atom is 0.410 e. The highest BCUT2D eigenvalue weighted by molar-refractivity contribution is 8.18. The molecule has 31 heavy (non-hydrogen) atoms. The predicted octanol–water partition coefficient (Wildman–Crippen LogP) is 4.68. The molecule has 9 heteroatoms. The minimum Gasteiger partial charge on any atom is -0.493 e. The van der Waals surface area contributed by atoms with E-state index in [1.54, 1.807) is 31.3 Å². The van der Waals surface area contributed by atoms with Crippen LogP contribution in [0.1, 0.15) is 46.6 Å². The Morgan fingerprint density at radius 3 is 2.42 bits per heavy atom. The van der Waals surface area contributed by atoms with E-state index >= 15 is 0 Å². The average molecular weight is 453 g/mol. The van der Waals surface area contributed by atoms with Crippen LogP contribution < -0.4 is 14.8 Å². The van der Waals surface area contributed by atoms with Crippen LogP contribution in [-0.4, -0.2) is 55.0 Å². The van der Waals surface area contributed by atoms with Crippen LogP contribution in [-0.2, 0) is 9.53 Å². The molecule has 8 nitrogen and oxygen atoms in total. The molecule has 3 amide bonds. The summed E-state index contributed by atoms with van der Waals surface area (Å²) in [7, 11) is 3.21. The van der Waals surface area contributed by atoms with Gasteiger partial charge in [-0.2, -0.15) is 0 Å². The predicted molar refractivity (Wildman–Crippen MR) is 122 cm³/mol. The van der Waals surface area contributed by atoms with Gasteiger partial charge < -0.3 is 19.1 Å². The van der Waals surface area contributed by atoms with Gasteiger partial charge in [0.1, 0.15) is 5.60 Å². The van der Waals surface area contributed by atoms with Crippen molar-refractivity contribution in [2.24, 2.45) is 0 Å². The Hall–Kier alpha value is -2.68. The first-order valence-corrected chi connectivity index (χ1v) is 10.9. The molecule has 1 aromatic rings. The molecule has 0 spiro atoms. The molecule has 1 aliphatic heterocycles. The molecule has 172 valence electrons. The van der Waals surface area contributed by atoms with Crippen LogP contribution in [0.3, 0.4) is 0 Å². The first kappa shape index (κ1) is 26.4. The monoisotopic (exact) mass is 452 g/mol. The van der Waals surface area contributed by atoms with Crippen molar-refractivity contribution in [1.29, 1.82) is 0 Å². The fraction of sp³-hybridized carbons (Fsp3) is 0.500. The van der Waals surface area contributed by atoms with Gasteiger partial charge in [-0.1, -0.05) is 19.9 Å². The van der Waals surface area contributed by atoms with Crippen LogP contribution >= 0.6 is 11.8 Å². The van der Waals surface area contributed by atoms with Crippen molar-refractivity contribution >= 4 is 35.1 Å². The third-order valence-electron chi connectivity index (χ3n) is 3.73. The topological polar surface area (TPSA) is 94.2 Å². The normalized spacial score (nSPS) is 14.5. The third kappa shape index (κ3) is 8.92. The molecule has 2 rings (SSSR count). The fourth-order valence-corrected chi connectivity index (χ4v) is 3.07. The molecule has 0 atom stereocenters. The molecule has 0 saturated carbocycles. The van der Waals surface area contributed by atoms with Crippen molar-refractivity contribution in [3.8, 4) is 11.5 Å². The van der Waals surface area contributed by atoms with Gasteiger partial charge in [-0.3, -0.25) is 14.9 Å². The van der Waals surface area contributed by atoms with Crippen molar-refractivity contribution in [3.05, 3.63) is 28.7 Å². The lowest BCUT2D eigenvalue weighted by molar-refractivity contribution is -0.115. The fourth-order valence-electron chi connectivity index (χ4n) is 2.38. The highest BCUT2D eigenvalue weighted by Gasteiger charge is 2.25. The molecule has 1 aliphatic rings. The standard InChI is InChI=1S/C20H26N2O6S.C2H6/c1-20(2,3)28-19(25)22(4)9-6-10-27-15-11-13(7-8-14(15)26-5)12-16-17(23)21-18(24)29-16;1-2/h7-8,11-12H,6,9-10H2,1-5H3,(H,21,23,24);1-2H3/b16-12-;. The largest absolute Gasteiger partial charge is 0.493 e. The minimum absolute atomic E-state index is 0.324. The van der Waals surface area contributed by atoms with Gasteiger partial charge in [0.15, 0.2) is 11.5 Å². The quantitative estimate of drug-likeness (QED) is 0.474. The lowest BCUT2D eigenvalue weighted by atomic mass is 10.2. The van der Waals surface area contributed by atoms with E-state index in [9.17, 15) is 14.4 Å². The van der Waals surface area contributed by atoms with Gasteiger partial charge in [0.25, 0.3) is 11.1 Å². The molecule has 1 aromatic carbocycles. The van der Waals surface area contributed by atoms with E-state index in [-0.39, 0.29) is 11.3 Å². The molecule has 0 bridgehead atoms. The lowest BCUT2D eigenvalue weighted by Gasteiger charge is -2.24. The van der Waals surface area contributed by atoms with Gasteiger partial charge in [-0.05, 0) is 62.7 Å². The number of carbonyl (C=O) groups excluding carboxylic acids is 3. The first-order valence-electron chi connectivity index (χ1n) is 10.1. The first-order chi connectivity index (χ1) is 14.6. The molecule has 0 aromatic heterocycles. The second kappa shape index (κ2) is 12.2. The smallest absolute Gasteiger partial charge is 0.410 e. The molecule has 1 saturated heterocycles. The van der Waals surface area contributed by atoms with E-state index in [1.165, 1.54) is 12.0 Å². The number of nitrogens with zero attached hydrogens (tertiary/aromatic N) is 1. The zero-order valence-corrected chi connectivity index (χ0v) is 20.1. The van der Waals surface area contributed by atoms with E-state index in [1.807, 2.05) is 34.6 Å². The number of amides is 3. The van der Waals surface area contributed by atoms with Crippen LogP contribution in [0.25, 0.3) is 6.08 Å². The number of carbonyl (C=O) groups is 3. The lowest BCUT2D eigenvalue weighted by Crippen LogP contribution is -2.35. The van der Waals surface area contributed by atoms with E-state index in [0.717, 1.165) is 11.8 Å². The number of imide groups is 1. The highest BCUT2D eigenvalue weighted by Crippen LogP contribution is 2.31. The second-order valence-electron chi connectivity index (χ2n) is 7.37. The van der Waals surface area contributed by atoms with Crippen molar-refractivity contribution in [2.75, 3.05) is 27.3 Å². The average Bonchev–Trinajstić information content (AvgIpc) is 3.02. The number of rotatable bonds is 7. The Balaban J connectivity index is 0.00000233. The second-order valence-corrected chi connectivity index (χ2v) is 8.38. The molecule has 1 heterocycles. The number of hydrogen-bond acceptors (Lipinski definition) is 7. The van der Waals surface area contributed by atoms with Gasteiger partial charge in [0, 0.05) is 13.6 Å². The summed E-state index contributed by atoms with van der Waals surface area (Å²) in [5.74, 6) is 0.646. The van der Waals surface area contributed by atoms with Gasteiger partial charge in [-0.15, -0.1) is 0 Å². The third-order valence-corrected chi connectivity index (χ3v) is 4.54. The molecular weight excluding hydrogens is 420 g/mol. The summed E-state index contributed by atoms with van der Waals surface area (Å²) in [6.45, 7) is 10.3. The molecule has 0 unspecified atom stereocenters. The van der Waals surface area contributed by atoms with Gasteiger partial charge >= 0.3 is 6.09 Å². The van der Waals surface area contributed by atoms with E-state index in [0.29, 0.717) is 41.5 Å². The summed E-state index contributed by atoms with van der Waals surface area (Å²) in [4.78, 5) is 36.8. The Bertz CT molecular complexity index is 817. The van der Waals surface area contributed by atoms with E-state index in [2.05, 4.69) is 5.32 Å². The van der Waals surface area contributed by atoms with Crippen molar-refractivity contribution in [2.45, 2.75) is 46.6 Å². The summed E-state index contributed by atoms with van der Waals surface area (Å²) in [6, 6.07) is 5.24. The Morgan fingerprint density at radius 2 is 1.87 bits per heavy atom. The molecule has 0 radical (unpaired) electrons. The molecule has 1 N–H and O–H groups in total. The zero-order valence-electron chi connectivity index (χ0n) is 19.2. The van der Waals surface area contributed by atoms with Crippen molar-refractivity contribution in [1.82, 2.24) is 10.2 Å². The number of ether oxygens (including phenoxy) is 3. The number of thioether (sulfide) groups is 1. The number of methoxy groups -OCH3 is 1. The Kier molecular flexibility index (Phi) is 10.4. The van der Waals surface area contributed by atoms with Crippen molar-refractivity contribution < 1.29 is 28.6 Å².